The third kappa shape index (κ3) is 11.6. The van der Waals surface area contributed by atoms with Crippen LogP contribution < -0.4 is 14.2 Å². The lowest BCUT2D eigenvalue weighted by atomic mass is 10.3. The van der Waals surface area contributed by atoms with Crippen LogP contribution in [-0.4, -0.2) is 55.2 Å². The van der Waals surface area contributed by atoms with Crippen LogP contribution in [0.4, 0.5) is 0 Å². The summed E-state index contributed by atoms with van der Waals surface area (Å²) in [6.45, 7) is 0.472. The summed E-state index contributed by atoms with van der Waals surface area (Å²) in [6, 6.07) is 10.2. The summed E-state index contributed by atoms with van der Waals surface area (Å²) in [7, 11) is 1.60. The van der Waals surface area contributed by atoms with Gasteiger partial charge in [0, 0.05) is 18.5 Å². The quantitative estimate of drug-likeness (QED) is 0.431. The summed E-state index contributed by atoms with van der Waals surface area (Å²) in [5, 5.41) is 26.1. The van der Waals surface area contributed by atoms with E-state index in [1.54, 1.807) is 25.3 Å². The highest BCUT2D eigenvalue weighted by Crippen LogP contribution is 2.29. The topological polar surface area (TPSA) is 88.4 Å². The molecular weight excluding hydrogens is 519 g/mol. The van der Waals surface area contributed by atoms with E-state index in [2.05, 4.69) is 43.5 Å². The molecule has 0 saturated carbocycles. The summed E-state index contributed by atoms with van der Waals surface area (Å²) >= 11 is 11.2. The molecule has 0 aliphatic heterocycles. The first-order valence-electron chi connectivity index (χ1n) is 7.69. The van der Waals surface area contributed by atoms with E-state index in [9.17, 15) is 0 Å². The number of hydrogen-bond acceptors (Lipinski definition) is 6. The van der Waals surface area contributed by atoms with Gasteiger partial charge in [0.15, 0.2) is 0 Å². The molecule has 0 aliphatic carbocycles. The zero-order valence-electron chi connectivity index (χ0n) is 15.0. The lowest BCUT2D eigenvalue weighted by molar-refractivity contribution is 0.200. The van der Waals surface area contributed by atoms with Gasteiger partial charge < -0.3 is 29.5 Å². The molecule has 3 N–H and O–H groups in total. The second kappa shape index (κ2) is 17.9. The molecule has 9 heteroatoms. The number of ether oxygens (including phenoxy) is 3. The summed E-state index contributed by atoms with van der Waals surface area (Å²) in [5.74, 6) is 2.08. The Hall–Kier alpha value is -1.19. The third-order valence-electron chi connectivity index (χ3n) is 2.75. The highest BCUT2D eigenvalue weighted by Gasteiger charge is 2.02. The zero-order valence-corrected chi connectivity index (χ0v) is 18.9. The largest absolute Gasteiger partial charge is 0.508 e. The Labute approximate surface area is 188 Å². The van der Waals surface area contributed by atoms with Crippen LogP contribution in [-0.2, 0) is 0 Å². The Bertz CT molecular complexity index is 658. The highest BCUT2D eigenvalue weighted by molar-refractivity contribution is 9.10. The van der Waals surface area contributed by atoms with Crippen LogP contribution in [0.2, 0.25) is 0 Å². The number of phenols is 1. The molecule has 0 spiro atoms. The average Bonchev–Trinajstić information content (AvgIpc) is 2.70. The van der Waals surface area contributed by atoms with Crippen molar-refractivity contribution in [1.29, 1.82) is 0 Å². The molecule has 0 radical (unpaired) electrons. The van der Waals surface area contributed by atoms with Crippen molar-refractivity contribution in [3.05, 3.63) is 45.3 Å². The fourth-order valence-corrected chi connectivity index (χ4v) is 2.36. The standard InChI is InChI=1S/C9H11BrO3.C8H9BrO3.CH3Cl.CH4/c1-12-7-2-3-8(10)9(6-7)13-5-4-11;9-7-2-1-6(11)5-8(7)12-4-3-10;1-2;/h2-3,6,11H,4-5H2,1H3;1-2,5,10-11H,3-4H2;1H3;1H4. The van der Waals surface area contributed by atoms with Crippen molar-refractivity contribution in [3.63, 3.8) is 0 Å². The van der Waals surface area contributed by atoms with Gasteiger partial charge in [-0.1, -0.05) is 7.43 Å². The van der Waals surface area contributed by atoms with Crippen LogP contribution in [0.25, 0.3) is 0 Å². The minimum Gasteiger partial charge on any atom is -0.508 e. The van der Waals surface area contributed by atoms with E-state index in [0.29, 0.717) is 11.5 Å². The minimum absolute atomic E-state index is 0. The van der Waals surface area contributed by atoms with E-state index in [0.717, 1.165) is 14.7 Å². The van der Waals surface area contributed by atoms with Crippen LogP contribution in [0.3, 0.4) is 0 Å². The van der Waals surface area contributed by atoms with Gasteiger partial charge in [0.2, 0.25) is 0 Å². The van der Waals surface area contributed by atoms with Crippen LogP contribution >= 0.6 is 43.5 Å². The first kappa shape index (κ1) is 29.0. The van der Waals surface area contributed by atoms with Crippen LogP contribution in [0.1, 0.15) is 7.43 Å². The van der Waals surface area contributed by atoms with Gasteiger partial charge in [-0.05, 0) is 56.1 Å². The monoisotopic (exact) mass is 544 g/mol. The van der Waals surface area contributed by atoms with E-state index in [1.807, 2.05) is 12.1 Å². The molecule has 0 heterocycles. The molecule has 0 atom stereocenters. The van der Waals surface area contributed by atoms with Gasteiger partial charge in [-0.15, -0.1) is 11.6 Å². The van der Waals surface area contributed by atoms with Crippen molar-refractivity contribution < 1.29 is 29.5 Å². The molecular formula is C19H27Br2ClO6. The second-order valence-corrected chi connectivity index (χ2v) is 6.26. The van der Waals surface area contributed by atoms with Gasteiger partial charge in [0.25, 0.3) is 0 Å². The van der Waals surface area contributed by atoms with E-state index in [1.165, 1.54) is 12.4 Å². The van der Waals surface area contributed by atoms with Gasteiger partial charge in [-0.2, -0.15) is 0 Å². The Morgan fingerprint density at radius 3 is 1.79 bits per heavy atom. The SMILES string of the molecule is C.CCl.COc1ccc(Br)c(OCCO)c1.OCCOc1cc(O)ccc1Br. The first-order chi connectivity index (χ1) is 13.0. The van der Waals surface area contributed by atoms with Crippen molar-refractivity contribution in [3.8, 4) is 23.0 Å². The molecule has 0 saturated heterocycles. The number of halogens is 3. The van der Waals surface area contributed by atoms with E-state index >= 15 is 0 Å². The number of hydrogen-bond donors (Lipinski definition) is 3. The summed E-state index contributed by atoms with van der Waals surface area (Å²) < 4.78 is 17.0. The second-order valence-electron chi connectivity index (χ2n) is 4.56. The van der Waals surface area contributed by atoms with Gasteiger partial charge in [0.1, 0.15) is 36.2 Å². The average molecular weight is 547 g/mol. The molecule has 0 bridgehead atoms. The number of methoxy groups -OCH3 is 1. The Morgan fingerprint density at radius 1 is 0.857 bits per heavy atom. The predicted molar refractivity (Wildman–Crippen MR) is 120 cm³/mol. The number of rotatable bonds is 7. The van der Waals surface area contributed by atoms with Crippen molar-refractivity contribution in [2.75, 3.05) is 39.9 Å². The number of alkyl halides is 1. The van der Waals surface area contributed by atoms with Gasteiger partial charge >= 0.3 is 0 Å². The van der Waals surface area contributed by atoms with Crippen LogP contribution in [0.15, 0.2) is 45.3 Å². The molecule has 2 aromatic carbocycles. The normalized spacial score (nSPS) is 8.96. The first-order valence-corrected chi connectivity index (χ1v) is 10.0. The molecule has 2 rings (SSSR count). The predicted octanol–water partition coefficient (Wildman–Crippen LogP) is 4.85. The number of aromatic hydroxyl groups is 1. The smallest absolute Gasteiger partial charge is 0.137 e. The fourth-order valence-electron chi connectivity index (χ4n) is 1.64. The highest BCUT2D eigenvalue weighted by atomic mass is 79.9. The lowest BCUT2D eigenvalue weighted by Gasteiger charge is -2.08. The maximum atomic E-state index is 9.07. The van der Waals surface area contributed by atoms with Crippen molar-refractivity contribution in [1.82, 2.24) is 0 Å². The number of aliphatic hydroxyl groups excluding tert-OH is 2. The summed E-state index contributed by atoms with van der Waals surface area (Å²) in [6.07, 6.45) is 1.47. The van der Waals surface area contributed by atoms with Gasteiger partial charge in [0.05, 0.1) is 29.3 Å². The van der Waals surface area contributed by atoms with Gasteiger partial charge in [-0.25, -0.2) is 0 Å². The molecule has 0 fully saturated rings. The zero-order chi connectivity index (χ0) is 20.7. The van der Waals surface area contributed by atoms with E-state index in [-0.39, 0.29) is 39.6 Å². The summed E-state index contributed by atoms with van der Waals surface area (Å²) in [4.78, 5) is 0. The van der Waals surface area contributed by atoms with Crippen molar-refractivity contribution in [2.45, 2.75) is 7.43 Å². The van der Waals surface area contributed by atoms with E-state index in [4.69, 9.17) is 29.5 Å². The Kier molecular flexibility index (Phi) is 18.5. The van der Waals surface area contributed by atoms with Gasteiger partial charge in [-0.3, -0.25) is 0 Å². The van der Waals surface area contributed by atoms with Crippen molar-refractivity contribution in [2.24, 2.45) is 0 Å². The van der Waals surface area contributed by atoms with E-state index < -0.39 is 0 Å². The third-order valence-corrected chi connectivity index (χ3v) is 4.06. The molecule has 0 aromatic heterocycles. The number of aliphatic hydroxyl groups is 2. The fraction of sp³-hybridized carbons (Fsp3) is 0.368. The number of benzene rings is 2. The molecule has 6 nitrogen and oxygen atoms in total. The number of phenolic OH excluding ortho intramolecular Hbond substituents is 1. The molecule has 160 valence electrons. The summed E-state index contributed by atoms with van der Waals surface area (Å²) in [5.41, 5.74) is 0. The van der Waals surface area contributed by atoms with Crippen LogP contribution in [0, 0.1) is 0 Å². The maximum absolute atomic E-state index is 9.07. The minimum atomic E-state index is -0.0396. The molecule has 0 unspecified atom stereocenters. The Balaban J connectivity index is 0. The van der Waals surface area contributed by atoms with Crippen LogP contribution in [0.5, 0.6) is 23.0 Å². The Morgan fingerprint density at radius 2 is 1.32 bits per heavy atom. The maximum Gasteiger partial charge on any atom is 0.137 e. The molecule has 0 aliphatic rings. The molecule has 0 amide bonds. The molecule has 28 heavy (non-hydrogen) atoms. The molecule has 2 aromatic rings. The van der Waals surface area contributed by atoms with Crippen molar-refractivity contribution >= 4 is 43.5 Å². The lowest BCUT2D eigenvalue weighted by Crippen LogP contribution is -2.02.